The lowest BCUT2D eigenvalue weighted by Crippen LogP contribution is -2.12. The van der Waals surface area contributed by atoms with Crippen LogP contribution in [-0.4, -0.2) is 10.9 Å². The Labute approximate surface area is 129 Å². The van der Waals surface area contributed by atoms with Gasteiger partial charge in [-0.3, -0.25) is 4.79 Å². The lowest BCUT2D eigenvalue weighted by atomic mass is 10.2. The molecule has 0 atom stereocenters. The Hall–Kier alpha value is -1.10. The molecular formula is C13H9BrCl2N2O. The first-order chi connectivity index (χ1) is 8.95. The molecule has 3 nitrogen and oxygen atoms in total. The maximum absolute atomic E-state index is 12.0. The number of carbonyl (C=O) groups is 1. The molecule has 1 aromatic carbocycles. The van der Waals surface area contributed by atoms with Crippen molar-refractivity contribution in [1.29, 1.82) is 0 Å². The normalized spacial score (nSPS) is 10.3. The zero-order valence-electron chi connectivity index (χ0n) is 9.88. The van der Waals surface area contributed by atoms with E-state index in [-0.39, 0.29) is 5.91 Å². The van der Waals surface area contributed by atoms with Crippen molar-refractivity contribution in [3.8, 4) is 0 Å². The zero-order valence-corrected chi connectivity index (χ0v) is 13.0. The molecule has 0 aliphatic rings. The van der Waals surface area contributed by atoms with Gasteiger partial charge in [0.15, 0.2) is 0 Å². The fraction of sp³-hybridized carbons (Fsp3) is 0.0769. The van der Waals surface area contributed by atoms with Gasteiger partial charge in [-0.2, -0.15) is 0 Å². The Balaban J connectivity index is 2.22. The minimum atomic E-state index is -0.284. The number of hydrogen-bond acceptors (Lipinski definition) is 2. The Morgan fingerprint density at radius 2 is 1.84 bits per heavy atom. The van der Waals surface area contributed by atoms with E-state index in [0.29, 0.717) is 21.3 Å². The van der Waals surface area contributed by atoms with Crippen LogP contribution in [0.25, 0.3) is 0 Å². The minimum absolute atomic E-state index is 0.284. The lowest BCUT2D eigenvalue weighted by Gasteiger charge is -2.07. The number of aryl methyl sites for hydroxylation is 1. The molecule has 2 rings (SSSR count). The number of rotatable bonds is 2. The second kappa shape index (κ2) is 5.90. The molecule has 0 saturated heterocycles. The Bertz CT molecular complexity index is 626. The third kappa shape index (κ3) is 3.69. The zero-order chi connectivity index (χ0) is 14.0. The molecule has 0 aliphatic carbocycles. The number of carbonyl (C=O) groups excluding carboxylic acids is 1. The molecule has 0 spiro atoms. The van der Waals surface area contributed by atoms with E-state index in [4.69, 9.17) is 23.2 Å². The largest absolute Gasteiger partial charge is 0.321 e. The van der Waals surface area contributed by atoms with Gasteiger partial charge in [0.25, 0.3) is 5.91 Å². The molecule has 1 aromatic heterocycles. The third-order valence-electron chi connectivity index (χ3n) is 2.40. The van der Waals surface area contributed by atoms with E-state index in [2.05, 4.69) is 26.2 Å². The lowest BCUT2D eigenvalue weighted by molar-refractivity contribution is 0.102. The number of nitrogens with one attached hydrogen (secondary N) is 1. The van der Waals surface area contributed by atoms with E-state index in [0.717, 1.165) is 10.2 Å². The Kier molecular flexibility index (Phi) is 4.45. The highest BCUT2D eigenvalue weighted by atomic mass is 79.9. The predicted octanol–water partition coefficient (Wildman–Crippen LogP) is 4.71. The molecule has 0 saturated carbocycles. The van der Waals surface area contributed by atoms with Crippen molar-refractivity contribution in [3.63, 3.8) is 0 Å². The summed E-state index contributed by atoms with van der Waals surface area (Å²) in [6, 6.07) is 6.51. The Morgan fingerprint density at radius 1 is 1.21 bits per heavy atom. The number of pyridine rings is 1. The van der Waals surface area contributed by atoms with Crippen LogP contribution in [-0.2, 0) is 0 Å². The average Bonchev–Trinajstić information content (AvgIpc) is 2.32. The number of aromatic nitrogens is 1. The summed E-state index contributed by atoms with van der Waals surface area (Å²) in [4.78, 5) is 16.2. The first-order valence-electron chi connectivity index (χ1n) is 5.35. The quantitative estimate of drug-likeness (QED) is 0.789. The summed E-state index contributed by atoms with van der Waals surface area (Å²) in [7, 11) is 0. The molecule has 0 fully saturated rings. The fourth-order valence-electron chi connectivity index (χ4n) is 1.51. The molecule has 98 valence electrons. The number of anilines is 1. The van der Waals surface area contributed by atoms with Gasteiger partial charge < -0.3 is 5.32 Å². The SMILES string of the molecule is Cc1cc(NC(=O)c2cc(Cl)cc(Cl)c2)cnc1Br. The van der Waals surface area contributed by atoms with Crippen LogP contribution < -0.4 is 5.32 Å². The van der Waals surface area contributed by atoms with Crippen LogP contribution in [0.1, 0.15) is 15.9 Å². The highest BCUT2D eigenvalue weighted by Gasteiger charge is 2.09. The summed E-state index contributed by atoms with van der Waals surface area (Å²) in [5.74, 6) is -0.284. The second-order valence-electron chi connectivity index (χ2n) is 3.94. The van der Waals surface area contributed by atoms with Crippen LogP contribution in [0.3, 0.4) is 0 Å². The molecule has 1 heterocycles. The smallest absolute Gasteiger partial charge is 0.255 e. The van der Waals surface area contributed by atoms with E-state index in [1.165, 1.54) is 0 Å². The number of hydrogen-bond donors (Lipinski definition) is 1. The second-order valence-corrected chi connectivity index (χ2v) is 5.57. The van der Waals surface area contributed by atoms with Crippen LogP contribution in [0.15, 0.2) is 35.1 Å². The predicted molar refractivity (Wildman–Crippen MR) is 81.1 cm³/mol. The molecule has 0 bridgehead atoms. The van der Waals surface area contributed by atoms with E-state index >= 15 is 0 Å². The van der Waals surface area contributed by atoms with Gasteiger partial charge in [-0.15, -0.1) is 0 Å². The summed E-state index contributed by atoms with van der Waals surface area (Å²) < 4.78 is 0.747. The topological polar surface area (TPSA) is 42.0 Å². The number of amides is 1. The van der Waals surface area contributed by atoms with Crippen LogP contribution in [0.2, 0.25) is 10.0 Å². The standard InChI is InChI=1S/C13H9BrCl2N2O/c1-7-2-11(6-17-12(7)14)18-13(19)8-3-9(15)5-10(16)4-8/h2-6H,1H3,(H,18,19). The van der Waals surface area contributed by atoms with Gasteiger partial charge in [0.2, 0.25) is 0 Å². The fourth-order valence-corrected chi connectivity index (χ4v) is 2.26. The molecule has 1 amide bonds. The monoisotopic (exact) mass is 358 g/mol. The maximum Gasteiger partial charge on any atom is 0.255 e. The summed E-state index contributed by atoms with van der Waals surface area (Å²) in [5, 5.41) is 3.58. The summed E-state index contributed by atoms with van der Waals surface area (Å²) in [5.41, 5.74) is 1.95. The van der Waals surface area contributed by atoms with Gasteiger partial charge in [0.05, 0.1) is 11.9 Å². The molecule has 0 aliphatic heterocycles. The van der Waals surface area contributed by atoms with Crippen molar-refractivity contribution < 1.29 is 4.79 Å². The van der Waals surface area contributed by atoms with Gasteiger partial charge in [0, 0.05) is 15.6 Å². The molecule has 1 N–H and O–H groups in total. The average molecular weight is 360 g/mol. The van der Waals surface area contributed by atoms with Crippen molar-refractivity contribution in [2.75, 3.05) is 5.32 Å². The summed E-state index contributed by atoms with van der Waals surface area (Å²) in [6.45, 7) is 1.89. The number of benzene rings is 1. The van der Waals surface area contributed by atoms with E-state index in [1.54, 1.807) is 24.4 Å². The minimum Gasteiger partial charge on any atom is -0.321 e. The highest BCUT2D eigenvalue weighted by molar-refractivity contribution is 9.10. The third-order valence-corrected chi connectivity index (χ3v) is 3.66. The molecule has 6 heteroatoms. The van der Waals surface area contributed by atoms with Crippen molar-refractivity contribution >= 4 is 50.7 Å². The molecule has 19 heavy (non-hydrogen) atoms. The van der Waals surface area contributed by atoms with Crippen molar-refractivity contribution in [3.05, 3.63) is 56.2 Å². The van der Waals surface area contributed by atoms with Crippen LogP contribution in [0, 0.1) is 6.92 Å². The van der Waals surface area contributed by atoms with Gasteiger partial charge >= 0.3 is 0 Å². The first-order valence-corrected chi connectivity index (χ1v) is 6.90. The van der Waals surface area contributed by atoms with Crippen LogP contribution in [0.5, 0.6) is 0 Å². The van der Waals surface area contributed by atoms with Crippen molar-refractivity contribution in [2.24, 2.45) is 0 Å². The van der Waals surface area contributed by atoms with Gasteiger partial charge in [0.1, 0.15) is 4.60 Å². The first kappa shape index (κ1) is 14.3. The van der Waals surface area contributed by atoms with E-state index in [1.807, 2.05) is 13.0 Å². The van der Waals surface area contributed by atoms with Crippen molar-refractivity contribution in [1.82, 2.24) is 4.98 Å². The maximum atomic E-state index is 12.0. The van der Waals surface area contributed by atoms with Crippen LogP contribution in [0.4, 0.5) is 5.69 Å². The number of halogens is 3. The number of nitrogens with zero attached hydrogens (tertiary/aromatic N) is 1. The van der Waals surface area contributed by atoms with E-state index < -0.39 is 0 Å². The molecule has 0 unspecified atom stereocenters. The van der Waals surface area contributed by atoms with Gasteiger partial charge in [-0.1, -0.05) is 23.2 Å². The summed E-state index contributed by atoms with van der Waals surface area (Å²) >= 11 is 15.0. The molecule has 2 aromatic rings. The van der Waals surface area contributed by atoms with Gasteiger partial charge in [-0.05, 0) is 52.7 Å². The van der Waals surface area contributed by atoms with Gasteiger partial charge in [-0.25, -0.2) is 4.98 Å². The van der Waals surface area contributed by atoms with E-state index in [9.17, 15) is 4.79 Å². The molecular weight excluding hydrogens is 351 g/mol. The van der Waals surface area contributed by atoms with Crippen molar-refractivity contribution in [2.45, 2.75) is 6.92 Å². The molecule has 0 radical (unpaired) electrons. The van der Waals surface area contributed by atoms with Crippen LogP contribution >= 0.6 is 39.1 Å². The Morgan fingerprint density at radius 3 is 2.42 bits per heavy atom. The highest BCUT2D eigenvalue weighted by Crippen LogP contribution is 2.21. The summed E-state index contributed by atoms with van der Waals surface area (Å²) in [6.07, 6.45) is 1.57.